The number of nitrogens with zero attached hydrogens (tertiary/aromatic N) is 1. The molecule has 0 aliphatic carbocycles. The predicted octanol–water partition coefficient (Wildman–Crippen LogP) is 2.72. The van der Waals surface area contributed by atoms with Crippen molar-refractivity contribution in [1.82, 2.24) is 10.2 Å². The molecule has 4 rings (SSSR count). The van der Waals surface area contributed by atoms with Gasteiger partial charge in [0, 0.05) is 18.1 Å². The van der Waals surface area contributed by atoms with Crippen molar-refractivity contribution >= 4 is 5.97 Å². The highest BCUT2D eigenvalue weighted by atomic mass is 16.5. The monoisotopic (exact) mass is 328 g/mol. The van der Waals surface area contributed by atoms with Crippen LogP contribution >= 0.6 is 0 Å². The van der Waals surface area contributed by atoms with E-state index in [0.717, 1.165) is 49.6 Å². The largest absolute Gasteiger partial charge is 0.461 e. The summed E-state index contributed by atoms with van der Waals surface area (Å²) in [6.45, 7) is 2.50. The molecule has 1 N–H and O–H groups in total. The molecule has 4 nitrogen and oxygen atoms in total. The van der Waals surface area contributed by atoms with Gasteiger partial charge in [-0.25, -0.2) is 0 Å². The Kier molecular flexibility index (Phi) is 4.86. The number of rotatable bonds is 4. The molecule has 2 bridgehead atoms. The van der Waals surface area contributed by atoms with Crippen molar-refractivity contribution in [3.63, 3.8) is 0 Å². The van der Waals surface area contributed by atoms with Gasteiger partial charge in [0.1, 0.15) is 6.61 Å². The van der Waals surface area contributed by atoms with Crippen LogP contribution in [0.3, 0.4) is 0 Å². The van der Waals surface area contributed by atoms with Crippen LogP contribution in [0.4, 0.5) is 0 Å². The number of carbonyl (C=O) groups is 1. The Balaban J connectivity index is 1.23. The third kappa shape index (κ3) is 3.65. The highest BCUT2D eigenvalue weighted by molar-refractivity contribution is 5.72. The maximum absolute atomic E-state index is 12.3. The number of fused-ring (bicyclic) bond motifs is 2. The predicted molar refractivity (Wildman–Crippen MR) is 93.5 cm³/mol. The number of piperidine rings is 2. The number of carbonyl (C=O) groups excluding carboxylic acids is 1. The van der Waals surface area contributed by atoms with Gasteiger partial charge in [0.25, 0.3) is 0 Å². The van der Waals surface area contributed by atoms with Gasteiger partial charge in [0.05, 0.1) is 5.92 Å². The topological polar surface area (TPSA) is 41.6 Å². The fourth-order valence-corrected chi connectivity index (χ4v) is 4.67. The third-order valence-electron chi connectivity index (χ3n) is 6.05. The average Bonchev–Trinajstić information content (AvgIpc) is 2.98. The van der Waals surface area contributed by atoms with Gasteiger partial charge in [-0.3, -0.25) is 4.79 Å². The molecular formula is C20H28N2O2. The first kappa shape index (κ1) is 16.1. The van der Waals surface area contributed by atoms with E-state index in [1.807, 2.05) is 30.3 Å². The summed E-state index contributed by atoms with van der Waals surface area (Å²) in [5.74, 6) is 0.0762. The van der Waals surface area contributed by atoms with E-state index in [2.05, 4.69) is 10.2 Å². The Morgan fingerprint density at radius 2 is 1.71 bits per heavy atom. The van der Waals surface area contributed by atoms with Gasteiger partial charge >= 0.3 is 5.97 Å². The minimum Gasteiger partial charge on any atom is -0.461 e. The standard InChI is InChI=1S/C20H28N2O2/c23-20(24-14-15-4-2-1-3-5-15)16-8-10-22(11-9-16)19-12-17-6-7-18(13-19)21-17/h1-5,16-19,21H,6-14H2/t17-,18?,19?/m0/s1. The number of hydrogen-bond acceptors (Lipinski definition) is 4. The minimum atomic E-state index is -0.0103. The zero-order chi connectivity index (χ0) is 16.4. The van der Waals surface area contributed by atoms with Crippen molar-refractivity contribution in [3.8, 4) is 0 Å². The molecule has 3 fully saturated rings. The Labute approximate surface area is 144 Å². The van der Waals surface area contributed by atoms with Gasteiger partial charge in [0.2, 0.25) is 0 Å². The number of ether oxygens (including phenoxy) is 1. The summed E-state index contributed by atoms with van der Waals surface area (Å²) in [6, 6.07) is 12.1. The van der Waals surface area contributed by atoms with Crippen molar-refractivity contribution < 1.29 is 9.53 Å². The van der Waals surface area contributed by atoms with Crippen LogP contribution in [0.1, 0.15) is 44.1 Å². The highest BCUT2D eigenvalue weighted by Crippen LogP contribution is 2.32. The van der Waals surface area contributed by atoms with Crippen LogP contribution < -0.4 is 5.32 Å². The lowest BCUT2D eigenvalue weighted by Gasteiger charge is -2.41. The van der Waals surface area contributed by atoms with E-state index in [1.54, 1.807) is 0 Å². The molecule has 0 aromatic heterocycles. The van der Waals surface area contributed by atoms with Crippen molar-refractivity contribution in [2.24, 2.45) is 5.92 Å². The van der Waals surface area contributed by atoms with Crippen LogP contribution in [0.5, 0.6) is 0 Å². The molecule has 130 valence electrons. The lowest BCUT2D eigenvalue weighted by Crippen LogP contribution is -2.50. The van der Waals surface area contributed by atoms with Gasteiger partial charge in [-0.05, 0) is 57.2 Å². The van der Waals surface area contributed by atoms with Crippen LogP contribution in [0.15, 0.2) is 30.3 Å². The number of likely N-dealkylation sites (tertiary alicyclic amines) is 1. The van der Waals surface area contributed by atoms with Crippen LogP contribution in [-0.4, -0.2) is 42.1 Å². The first-order valence-corrected chi connectivity index (χ1v) is 9.48. The van der Waals surface area contributed by atoms with Crippen LogP contribution in [0.2, 0.25) is 0 Å². The van der Waals surface area contributed by atoms with E-state index in [9.17, 15) is 4.79 Å². The number of nitrogens with one attached hydrogen (secondary N) is 1. The second kappa shape index (κ2) is 7.24. The first-order valence-electron chi connectivity index (χ1n) is 9.48. The molecule has 3 aliphatic heterocycles. The highest BCUT2D eigenvalue weighted by Gasteiger charge is 2.37. The summed E-state index contributed by atoms with van der Waals surface area (Å²) in [6.07, 6.45) is 7.19. The molecule has 3 aliphatic rings. The SMILES string of the molecule is O=C(OCc1ccccc1)C1CCN(C2CC3CC[C@@H](C2)N3)CC1. The van der Waals surface area contributed by atoms with Gasteiger partial charge in [-0.2, -0.15) is 0 Å². The lowest BCUT2D eigenvalue weighted by molar-refractivity contribution is -0.151. The lowest BCUT2D eigenvalue weighted by atomic mass is 9.92. The summed E-state index contributed by atoms with van der Waals surface area (Å²) in [7, 11) is 0. The summed E-state index contributed by atoms with van der Waals surface area (Å²) in [5.41, 5.74) is 1.06. The van der Waals surface area contributed by atoms with Gasteiger partial charge in [-0.15, -0.1) is 0 Å². The van der Waals surface area contributed by atoms with E-state index in [1.165, 1.54) is 25.7 Å². The molecule has 1 aromatic carbocycles. The zero-order valence-corrected chi connectivity index (χ0v) is 14.3. The van der Waals surface area contributed by atoms with Crippen molar-refractivity contribution in [2.45, 2.75) is 63.3 Å². The van der Waals surface area contributed by atoms with E-state index in [0.29, 0.717) is 6.61 Å². The molecule has 0 spiro atoms. The second-order valence-electron chi connectivity index (χ2n) is 7.67. The number of hydrogen-bond donors (Lipinski definition) is 1. The summed E-state index contributed by atoms with van der Waals surface area (Å²) in [5, 5.41) is 3.72. The molecular weight excluding hydrogens is 300 g/mol. The average molecular weight is 328 g/mol. The quantitative estimate of drug-likeness (QED) is 0.863. The molecule has 0 amide bonds. The van der Waals surface area contributed by atoms with Gasteiger partial charge < -0.3 is 15.0 Å². The molecule has 0 saturated carbocycles. The number of esters is 1. The van der Waals surface area contributed by atoms with E-state index < -0.39 is 0 Å². The molecule has 2 unspecified atom stereocenters. The van der Waals surface area contributed by atoms with Crippen molar-refractivity contribution in [1.29, 1.82) is 0 Å². The minimum absolute atomic E-state index is 0.0103. The maximum Gasteiger partial charge on any atom is 0.309 e. The zero-order valence-electron chi connectivity index (χ0n) is 14.3. The van der Waals surface area contributed by atoms with E-state index >= 15 is 0 Å². The number of benzene rings is 1. The Morgan fingerprint density at radius 3 is 2.38 bits per heavy atom. The molecule has 3 atom stereocenters. The molecule has 3 saturated heterocycles. The smallest absolute Gasteiger partial charge is 0.309 e. The van der Waals surface area contributed by atoms with Crippen LogP contribution in [0, 0.1) is 5.92 Å². The van der Waals surface area contributed by atoms with Gasteiger partial charge in [-0.1, -0.05) is 30.3 Å². The summed E-state index contributed by atoms with van der Waals surface area (Å²) < 4.78 is 5.52. The van der Waals surface area contributed by atoms with Crippen molar-refractivity contribution in [2.75, 3.05) is 13.1 Å². The molecule has 4 heteroatoms. The molecule has 0 radical (unpaired) electrons. The summed E-state index contributed by atoms with van der Waals surface area (Å²) >= 11 is 0. The van der Waals surface area contributed by atoms with Crippen molar-refractivity contribution in [3.05, 3.63) is 35.9 Å². The van der Waals surface area contributed by atoms with Crippen LogP contribution in [-0.2, 0) is 16.1 Å². The Hall–Kier alpha value is -1.39. The third-order valence-corrected chi connectivity index (χ3v) is 6.05. The maximum atomic E-state index is 12.3. The molecule has 1 aromatic rings. The molecule has 24 heavy (non-hydrogen) atoms. The Bertz CT molecular complexity index is 542. The normalized spacial score (nSPS) is 31.1. The Morgan fingerprint density at radius 1 is 1.04 bits per heavy atom. The van der Waals surface area contributed by atoms with Gasteiger partial charge in [0.15, 0.2) is 0 Å². The first-order chi connectivity index (χ1) is 11.8. The fraction of sp³-hybridized carbons (Fsp3) is 0.650. The molecule has 3 heterocycles. The summed E-state index contributed by atoms with van der Waals surface area (Å²) in [4.78, 5) is 14.9. The fourth-order valence-electron chi connectivity index (χ4n) is 4.67. The van der Waals surface area contributed by atoms with E-state index in [4.69, 9.17) is 4.74 Å². The van der Waals surface area contributed by atoms with Crippen LogP contribution in [0.25, 0.3) is 0 Å². The second-order valence-corrected chi connectivity index (χ2v) is 7.67. The van der Waals surface area contributed by atoms with E-state index in [-0.39, 0.29) is 11.9 Å².